The van der Waals surface area contributed by atoms with E-state index in [4.69, 9.17) is 0 Å². The van der Waals surface area contributed by atoms with E-state index in [1.165, 1.54) is 19.3 Å². The largest absolute Gasteiger partial charge is 0.340 e. The zero-order valence-electron chi connectivity index (χ0n) is 17.7. The third kappa shape index (κ3) is 3.42. The van der Waals surface area contributed by atoms with E-state index in [0.29, 0.717) is 18.0 Å². The molecule has 8 heteroatoms. The molecule has 0 spiro atoms. The number of aryl methyl sites for hydroxylation is 1. The first kappa shape index (κ1) is 19.3. The average Bonchev–Trinajstić information content (AvgIpc) is 3.14. The Balaban J connectivity index is 1.41. The van der Waals surface area contributed by atoms with Crippen molar-refractivity contribution in [3.63, 3.8) is 0 Å². The monoisotopic (exact) mass is 410 g/mol. The van der Waals surface area contributed by atoms with Gasteiger partial charge in [0.2, 0.25) is 5.95 Å². The van der Waals surface area contributed by atoms with E-state index in [0.717, 1.165) is 57.1 Å². The molecule has 2 saturated heterocycles. The highest BCUT2D eigenvalue weighted by Gasteiger charge is 2.36. The quantitative estimate of drug-likeness (QED) is 0.757. The van der Waals surface area contributed by atoms with Gasteiger partial charge in [0.05, 0.1) is 0 Å². The molecule has 2 aromatic rings. The van der Waals surface area contributed by atoms with Crippen LogP contribution in [0, 0.1) is 5.92 Å². The van der Waals surface area contributed by atoms with Gasteiger partial charge in [0.15, 0.2) is 0 Å². The zero-order valence-corrected chi connectivity index (χ0v) is 17.7. The number of amides is 1. The minimum absolute atomic E-state index is 0.0892. The summed E-state index contributed by atoms with van der Waals surface area (Å²) in [6.45, 7) is 3.87. The van der Waals surface area contributed by atoms with E-state index < -0.39 is 0 Å². The van der Waals surface area contributed by atoms with Gasteiger partial charge in [-0.15, -0.1) is 0 Å². The summed E-state index contributed by atoms with van der Waals surface area (Å²) in [4.78, 5) is 35.0. The number of aromatic nitrogens is 4. The normalized spacial score (nSPS) is 24.2. The van der Waals surface area contributed by atoms with Crippen molar-refractivity contribution in [2.75, 3.05) is 31.1 Å². The van der Waals surface area contributed by atoms with Crippen LogP contribution >= 0.6 is 0 Å². The molecular weight excluding hydrogens is 380 g/mol. The van der Waals surface area contributed by atoms with Gasteiger partial charge in [0, 0.05) is 51.4 Å². The first-order valence-electron chi connectivity index (χ1n) is 11.2. The third-order valence-corrected chi connectivity index (χ3v) is 6.95. The SMILES string of the molecule is Cn1ncnc1N1C[C@@H]2C[C@H](C1)c1ccc(C(=O)N3CCCCCCC3)c(=O)n1C2. The maximum atomic E-state index is 13.3. The van der Waals surface area contributed by atoms with Crippen LogP contribution in [0.25, 0.3) is 0 Å². The summed E-state index contributed by atoms with van der Waals surface area (Å²) < 4.78 is 3.68. The lowest BCUT2D eigenvalue weighted by Gasteiger charge is -2.43. The van der Waals surface area contributed by atoms with Crippen LogP contribution < -0.4 is 10.5 Å². The number of likely N-dealkylation sites (tertiary alicyclic amines) is 1. The van der Waals surface area contributed by atoms with Gasteiger partial charge in [0.1, 0.15) is 11.9 Å². The maximum Gasteiger partial charge on any atom is 0.263 e. The standard InChI is InChI=1S/C22H30N6O2/c1-25-22(23-15-24-25)27-12-16-11-17(14-27)19-8-7-18(21(30)28(19)13-16)20(29)26-9-5-3-2-4-6-10-26/h7-8,15-17H,2-6,9-14H2,1H3/t16-,17+/m0/s1. The smallest absolute Gasteiger partial charge is 0.263 e. The predicted molar refractivity (Wildman–Crippen MR) is 114 cm³/mol. The van der Waals surface area contributed by atoms with Gasteiger partial charge >= 0.3 is 0 Å². The van der Waals surface area contributed by atoms with Crippen molar-refractivity contribution in [2.45, 2.75) is 51.0 Å². The summed E-state index contributed by atoms with van der Waals surface area (Å²) in [5.41, 5.74) is 1.28. The summed E-state index contributed by atoms with van der Waals surface area (Å²) in [6, 6.07) is 3.79. The van der Waals surface area contributed by atoms with Crippen LogP contribution in [0.2, 0.25) is 0 Å². The van der Waals surface area contributed by atoms with Crippen molar-refractivity contribution in [3.05, 3.63) is 40.1 Å². The molecule has 2 bridgehead atoms. The number of nitrogens with zero attached hydrogens (tertiary/aromatic N) is 6. The fourth-order valence-electron chi connectivity index (χ4n) is 5.47. The predicted octanol–water partition coefficient (Wildman–Crippen LogP) is 2.01. The van der Waals surface area contributed by atoms with E-state index >= 15 is 0 Å². The number of fused-ring (bicyclic) bond motifs is 4. The molecule has 2 atom stereocenters. The Labute approximate surface area is 176 Å². The lowest BCUT2D eigenvalue weighted by atomic mass is 9.83. The molecule has 0 aliphatic carbocycles. The lowest BCUT2D eigenvalue weighted by Crippen LogP contribution is -2.49. The fourth-order valence-corrected chi connectivity index (χ4v) is 5.47. The molecule has 0 unspecified atom stereocenters. The van der Waals surface area contributed by atoms with Crippen LogP contribution in [-0.4, -0.2) is 56.3 Å². The van der Waals surface area contributed by atoms with Gasteiger partial charge in [-0.3, -0.25) is 9.59 Å². The highest BCUT2D eigenvalue weighted by molar-refractivity contribution is 5.93. The second kappa shape index (κ2) is 7.89. The molecular formula is C22H30N6O2. The Hall–Kier alpha value is -2.64. The Morgan fingerprint density at radius 3 is 2.53 bits per heavy atom. The topological polar surface area (TPSA) is 76.3 Å². The molecule has 0 radical (unpaired) electrons. The highest BCUT2D eigenvalue weighted by atomic mass is 16.2. The van der Waals surface area contributed by atoms with Crippen LogP contribution in [0.4, 0.5) is 5.95 Å². The van der Waals surface area contributed by atoms with Gasteiger partial charge in [-0.05, 0) is 37.3 Å². The summed E-state index contributed by atoms with van der Waals surface area (Å²) in [5.74, 6) is 1.43. The Morgan fingerprint density at radius 2 is 1.80 bits per heavy atom. The lowest BCUT2D eigenvalue weighted by molar-refractivity contribution is 0.0739. The van der Waals surface area contributed by atoms with Crippen molar-refractivity contribution in [3.8, 4) is 0 Å². The molecule has 0 saturated carbocycles. The van der Waals surface area contributed by atoms with Gasteiger partial charge in [0.25, 0.3) is 11.5 Å². The van der Waals surface area contributed by atoms with Crippen molar-refractivity contribution in [1.82, 2.24) is 24.2 Å². The molecule has 30 heavy (non-hydrogen) atoms. The molecule has 5 heterocycles. The average molecular weight is 411 g/mol. The highest BCUT2D eigenvalue weighted by Crippen LogP contribution is 2.36. The number of hydrogen-bond donors (Lipinski definition) is 0. The number of carbonyl (C=O) groups is 1. The van der Waals surface area contributed by atoms with E-state index in [1.54, 1.807) is 17.1 Å². The Morgan fingerprint density at radius 1 is 1.03 bits per heavy atom. The van der Waals surface area contributed by atoms with E-state index in [2.05, 4.69) is 15.0 Å². The van der Waals surface area contributed by atoms with Gasteiger partial charge in [-0.1, -0.05) is 19.3 Å². The molecule has 1 amide bonds. The number of carbonyl (C=O) groups excluding carboxylic acids is 1. The first-order valence-corrected chi connectivity index (χ1v) is 11.2. The van der Waals surface area contributed by atoms with Crippen LogP contribution in [0.3, 0.4) is 0 Å². The van der Waals surface area contributed by atoms with Crippen LogP contribution in [0.15, 0.2) is 23.3 Å². The molecule has 3 aliphatic heterocycles. The summed E-state index contributed by atoms with van der Waals surface area (Å²) in [7, 11) is 1.91. The van der Waals surface area contributed by atoms with Crippen molar-refractivity contribution in [2.24, 2.45) is 13.0 Å². The van der Waals surface area contributed by atoms with Gasteiger partial charge in [-0.2, -0.15) is 10.1 Å². The second-order valence-electron chi connectivity index (χ2n) is 9.03. The Bertz CT molecular complexity index is 988. The molecule has 2 fully saturated rings. The van der Waals surface area contributed by atoms with Crippen molar-refractivity contribution >= 4 is 11.9 Å². The third-order valence-electron chi connectivity index (χ3n) is 6.95. The molecule has 5 rings (SSSR count). The molecule has 2 aromatic heterocycles. The van der Waals surface area contributed by atoms with Gasteiger partial charge in [-0.25, -0.2) is 4.68 Å². The first-order chi connectivity index (χ1) is 14.6. The summed E-state index contributed by atoms with van der Waals surface area (Å²) in [5, 5.41) is 4.20. The number of rotatable bonds is 2. The van der Waals surface area contributed by atoms with E-state index in [-0.39, 0.29) is 17.4 Å². The van der Waals surface area contributed by atoms with Crippen molar-refractivity contribution < 1.29 is 4.79 Å². The molecule has 160 valence electrons. The Kier molecular flexibility index (Phi) is 5.08. The van der Waals surface area contributed by atoms with Crippen LogP contribution in [0.5, 0.6) is 0 Å². The minimum atomic E-state index is -0.110. The summed E-state index contributed by atoms with van der Waals surface area (Å²) >= 11 is 0. The minimum Gasteiger partial charge on any atom is -0.340 e. The fraction of sp³-hybridized carbons (Fsp3) is 0.636. The summed E-state index contributed by atoms with van der Waals surface area (Å²) in [6.07, 6.45) is 8.29. The second-order valence-corrected chi connectivity index (χ2v) is 9.03. The molecule has 8 nitrogen and oxygen atoms in total. The van der Waals surface area contributed by atoms with Crippen molar-refractivity contribution in [1.29, 1.82) is 0 Å². The number of pyridine rings is 1. The molecule has 0 aromatic carbocycles. The van der Waals surface area contributed by atoms with Gasteiger partial charge < -0.3 is 14.4 Å². The number of piperidine rings is 1. The number of hydrogen-bond acceptors (Lipinski definition) is 5. The van der Waals surface area contributed by atoms with Crippen LogP contribution in [-0.2, 0) is 13.6 Å². The molecule has 3 aliphatic rings. The van der Waals surface area contributed by atoms with E-state index in [9.17, 15) is 9.59 Å². The maximum absolute atomic E-state index is 13.3. The number of anilines is 1. The molecule has 0 N–H and O–H groups in total. The van der Waals surface area contributed by atoms with Crippen LogP contribution in [0.1, 0.15) is 60.5 Å². The van der Waals surface area contributed by atoms with E-state index in [1.807, 2.05) is 22.6 Å². The zero-order chi connectivity index (χ0) is 20.7.